The Hall–Kier alpha value is -2.41. The van der Waals surface area contributed by atoms with Crippen LogP contribution in [0.5, 0.6) is 0 Å². The first-order valence-corrected chi connectivity index (χ1v) is 7.50. The lowest BCUT2D eigenvalue weighted by atomic mass is 10.0. The van der Waals surface area contributed by atoms with Crippen LogP contribution in [-0.4, -0.2) is 5.78 Å². The molecule has 1 nitrogen and oxygen atoms in total. The molecule has 0 fully saturated rings. The molecule has 2 aromatic carbocycles. The molecule has 0 unspecified atom stereocenters. The molecule has 1 heteroatoms. The maximum absolute atomic E-state index is 12.0. The smallest absolute Gasteiger partial charge is 0.178 e. The molecule has 22 heavy (non-hydrogen) atoms. The van der Waals surface area contributed by atoms with Gasteiger partial charge in [-0.3, -0.25) is 4.79 Å². The number of benzene rings is 2. The summed E-state index contributed by atoms with van der Waals surface area (Å²) in [6, 6.07) is 12.5. The number of rotatable bonds is 4. The Morgan fingerprint density at radius 3 is 1.55 bits per heavy atom. The van der Waals surface area contributed by atoms with E-state index < -0.39 is 0 Å². The third-order valence-corrected chi connectivity index (χ3v) is 3.72. The molecule has 0 atom stereocenters. The highest BCUT2D eigenvalue weighted by atomic mass is 16.1. The van der Waals surface area contributed by atoms with E-state index in [0.29, 0.717) is 0 Å². The van der Waals surface area contributed by atoms with Gasteiger partial charge in [-0.1, -0.05) is 59.7 Å². The maximum Gasteiger partial charge on any atom is 0.178 e. The van der Waals surface area contributed by atoms with Crippen molar-refractivity contribution in [3.63, 3.8) is 0 Å². The average Bonchev–Trinajstić information content (AvgIpc) is 2.49. The van der Waals surface area contributed by atoms with Crippen molar-refractivity contribution in [3.8, 4) is 0 Å². The van der Waals surface area contributed by atoms with E-state index >= 15 is 0 Å². The van der Waals surface area contributed by atoms with Crippen LogP contribution >= 0.6 is 0 Å². The Balaban J connectivity index is 2.12. The van der Waals surface area contributed by atoms with E-state index in [1.165, 1.54) is 22.3 Å². The molecule has 0 bridgehead atoms. The van der Waals surface area contributed by atoms with Gasteiger partial charge in [-0.2, -0.15) is 0 Å². The molecule has 2 rings (SSSR count). The summed E-state index contributed by atoms with van der Waals surface area (Å²) in [4.78, 5) is 12.0. The fraction of sp³-hybridized carbons (Fsp3) is 0.190. The molecule has 112 valence electrons. The Kier molecular flexibility index (Phi) is 5.11. The van der Waals surface area contributed by atoms with Gasteiger partial charge in [-0.05, 0) is 62.1 Å². The molecule has 0 saturated heterocycles. The second kappa shape index (κ2) is 7.04. The number of hydrogen-bond donors (Lipinski definition) is 0. The SMILES string of the molecule is Cc1ccc(C)c(C=CC(=O)C=Cc2cc(C)ccc2C)c1. The predicted molar refractivity (Wildman–Crippen MR) is 94.9 cm³/mol. The van der Waals surface area contributed by atoms with Crippen LogP contribution in [0.2, 0.25) is 0 Å². The molecule has 2 aromatic rings. The molecule has 0 saturated carbocycles. The Morgan fingerprint density at radius 2 is 1.14 bits per heavy atom. The van der Waals surface area contributed by atoms with Gasteiger partial charge in [0, 0.05) is 0 Å². The molecule has 0 radical (unpaired) electrons. The zero-order valence-corrected chi connectivity index (χ0v) is 13.7. The summed E-state index contributed by atoms with van der Waals surface area (Å²) in [6.45, 7) is 8.21. The maximum atomic E-state index is 12.0. The summed E-state index contributed by atoms with van der Waals surface area (Å²) < 4.78 is 0. The standard InChI is InChI=1S/C21H22O/c1-15-5-7-17(3)19(13-15)9-11-21(22)12-10-20-14-16(2)6-8-18(20)4/h5-14H,1-4H3. The van der Waals surface area contributed by atoms with Gasteiger partial charge in [0.2, 0.25) is 0 Å². The second-order valence-corrected chi connectivity index (χ2v) is 5.79. The first kappa shape index (κ1) is 16.0. The van der Waals surface area contributed by atoms with Gasteiger partial charge in [-0.25, -0.2) is 0 Å². The van der Waals surface area contributed by atoms with E-state index in [1.54, 1.807) is 12.2 Å². The minimum absolute atomic E-state index is 0.00168. The van der Waals surface area contributed by atoms with Gasteiger partial charge in [0.25, 0.3) is 0 Å². The first-order valence-electron chi connectivity index (χ1n) is 7.50. The minimum atomic E-state index is 0.00168. The van der Waals surface area contributed by atoms with E-state index in [0.717, 1.165) is 11.1 Å². The van der Waals surface area contributed by atoms with Gasteiger partial charge in [-0.15, -0.1) is 0 Å². The predicted octanol–water partition coefficient (Wildman–Crippen LogP) is 5.22. The first-order chi connectivity index (χ1) is 10.5. The van der Waals surface area contributed by atoms with E-state index in [-0.39, 0.29) is 5.78 Å². The van der Waals surface area contributed by atoms with Crippen molar-refractivity contribution in [2.45, 2.75) is 27.7 Å². The molecule has 0 spiro atoms. The van der Waals surface area contributed by atoms with E-state index in [1.807, 2.05) is 12.2 Å². The van der Waals surface area contributed by atoms with E-state index in [2.05, 4.69) is 64.1 Å². The van der Waals surface area contributed by atoms with Crippen LogP contribution < -0.4 is 0 Å². The van der Waals surface area contributed by atoms with Crippen LogP contribution in [0.25, 0.3) is 12.2 Å². The summed E-state index contributed by atoms with van der Waals surface area (Å²) >= 11 is 0. The molecule has 0 aliphatic heterocycles. The third-order valence-electron chi connectivity index (χ3n) is 3.72. The van der Waals surface area contributed by atoms with Crippen LogP contribution in [-0.2, 0) is 4.79 Å². The monoisotopic (exact) mass is 290 g/mol. The van der Waals surface area contributed by atoms with Crippen molar-refractivity contribution in [1.29, 1.82) is 0 Å². The number of hydrogen-bond acceptors (Lipinski definition) is 1. The topological polar surface area (TPSA) is 17.1 Å². The molecule has 0 heterocycles. The molecular formula is C21H22O. The third kappa shape index (κ3) is 4.29. The molecule has 0 aliphatic rings. The van der Waals surface area contributed by atoms with Crippen molar-refractivity contribution in [2.24, 2.45) is 0 Å². The zero-order valence-electron chi connectivity index (χ0n) is 13.7. The van der Waals surface area contributed by atoms with Crippen molar-refractivity contribution in [2.75, 3.05) is 0 Å². The minimum Gasteiger partial charge on any atom is -0.290 e. The van der Waals surface area contributed by atoms with E-state index in [9.17, 15) is 4.79 Å². The zero-order chi connectivity index (χ0) is 16.1. The number of allylic oxidation sites excluding steroid dienone is 2. The van der Waals surface area contributed by atoms with Gasteiger partial charge >= 0.3 is 0 Å². The molecule has 0 aliphatic carbocycles. The molecule has 0 aromatic heterocycles. The average molecular weight is 290 g/mol. The molecule has 0 amide bonds. The quantitative estimate of drug-likeness (QED) is 0.706. The van der Waals surface area contributed by atoms with Crippen LogP contribution in [0.1, 0.15) is 33.4 Å². The summed E-state index contributed by atoms with van der Waals surface area (Å²) in [5, 5.41) is 0. The Labute approximate surface area is 133 Å². The van der Waals surface area contributed by atoms with Gasteiger partial charge in [0.15, 0.2) is 5.78 Å². The van der Waals surface area contributed by atoms with Gasteiger partial charge in [0.05, 0.1) is 0 Å². The second-order valence-electron chi connectivity index (χ2n) is 5.79. The highest BCUT2D eigenvalue weighted by Gasteiger charge is 1.97. The van der Waals surface area contributed by atoms with Crippen LogP contribution in [0, 0.1) is 27.7 Å². The van der Waals surface area contributed by atoms with Crippen molar-refractivity contribution in [3.05, 3.63) is 81.9 Å². The van der Waals surface area contributed by atoms with Crippen LogP contribution in [0.15, 0.2) is 48.6 Å². The van der Waals surface area contributed by atoms with Gasteiger partial charge < -0.3 is 0 Å². The Bertz CT molecular complexity index is 685. The lowest BCUT2D eigenvalue weighted by molar-refractivity contribution is -0.110. The summed E-state index contributed by atoms with van der Waals surface area (Å²) in [6.07, 6.45) is 7.03. The summed E-state index contributed by atoms with van der Waals surface area (Å²) in [5.74, 6) is 0.00168. The van der Waals surface area contributed by atoms with Crippen molar-refractivity contribution < 1.29 is 4.79 Å². The Morgan fingerprint density at radius 1 is 0.727 bits per heavy atom. The van der Waals surface area contributed by atoms with Crippen molar-refractivity contribution in [1.82, 2.24) is 0 Å². The largest absolute Gasteiger partial charge is 0.290 e. The summed E-state index contributed by atoms with van der Waals surface area (Å²) in [7, 11) is 0. The van der Waals surface area contributed by atoms with Crippen LogP contribution in [0.4, 0.5) is 0 Å². The number of aryl methyl sites for hydroxylation is 4. The highest BCUT2D eigenvalue weighted by Crippen LogP contribution is 2.14. The number of carbonyl (C=O) groups excluding carboxylic acids is 1. The number of ketones is 1. The fourth-order valence-electron chi connectivity index (χ4n) is 2.28. The summed E-state index contributed by atoms with van der Waals surface area (Å²) in [5.41, 5.74) is 6.93. The van der Waals surface area contributed by atoms with Crippen molar-refractivity contribution >= 4 is 17.9 Å². The molecule has 0 N–H and O–H groups in total. The fourth-order valence-corrected chi connectivity index (χ4v) is 2.28. The molecular weight excluding hydrogens is 268 g/mol. The highest BCUT2D eigenvalue weighted by molar-refractivity contribution is 6.04. The normalized spacial score (nSPS) is 11.5. The van der Waals surface area contributed by atoms with Crippen LogP contribution in [0.3, 0.4) is 0 Å². The lowest BCUT2D eigenvalue weighted by Gasteiger charge is -2.02. The van der Waals surface area contributed by atoms with E-state index in [4.69, 9.17) is 0 Å². The lowest BCUT2D eigenvalue weighted by Crippen LogP contribution is -1.88. The number of carbonyl (C=O) groups is 1. The van der Waals surface area contributed by atoms with Gasteiger partial charge in [0.1, 0.15) is 0 Å².